The number of benzene rings is 1. The molecule has 1 aromatic carbocycles. The molecule has 23 heavy (non-hydrogen) atoms. The molecule has 0 saturated carbocycles. The number of rotatable bonds is 7. The van der Waals surface area contributed by atoms with Crippen LogP contribution in [0.1, 0.15) is 13.3 Å². The summed E-state index contributed by atoms with van der Waals surface area (Å²) in [6.07, 6.45) is 0.434. The Morgan fingerprint density at radius 3 is 2.96 bits per heavy atom. The molecule has 2 rings (SSSR count). The van der Waals surface area contributed by atoms with E-state index in [4.69, 9.17) is 9.47 Å². The van der Waals surface area contributed by atoms with Crippen LogP contribution in [-0.4, -0.2) is 49.8 Å². The van der Waals surface area contributed by atoms with Gasteiger partial charge in [-0.05, 0) is 19.1 Å². The van der Waals surface area contributed by atoms with Crippen LogP contribution in [0.4, 0.5) is 0 Å². The standard InChI is InChI=1S/C16H24N2O3S.ClH/c1-12(21-15-5-3-4-14(9-15)20-2)10-18-16(19)8-13-11-22-7-6-17-13;/h3-5,9,12-13,17H,6-8,10-11H2,1-2H3,(H,18,19);1H. The maximum absolute atomic E-state index is 11.9. The number of carbonyl (C=O) groups is 1. The number of hydrogen-bond donors (Lipinski definition) is 2. The highest BCUT2D eigenvalue weighted by Gasteiger charge is 2.17. The number of nitrogens with one attached hydrogen (secondary N) is 2. The van der Waals surface area contributed by atoms with Gasteiger partial charge in [-0.3, -0.25) is 4.79 Å². The summed E-state index contributed by atoms with van der Waals surface area (Å²) >= 11 is 1.90. The highest BCUT2D eigenvalue weighted by atomic mass is 35.5. The lowest BCUT2D eigenvalue weighted by Gasteiger charge is -2.23. The second kappa shape index (κ2) is 10.6. The third-order valence-electron chi connectivity index (χ3n) is 3.40. The van der Waals surface area contributed by atoms with Gasteiger partial charge in [0.1, 0.15) is 17.6 Å². The number of thioether (sulfide) groups is 1. The summed E-state index contributed by atoms with van der Waals surface area (Å²) in [7, 11) is 1.63. The van der Waals surface area contributed by atoms with E-state index in [1.807, 2.05) is 43.0 Å². The molecule has 1 amide bonds. The van der Waals surface area contributed by atoms with Crippen molar-refractivity contribution in [3.05, 3.63) is 24.3 Å². The molecule has 2 N–H and O–H groups in total. The Labute approximate surface area is 148 Å². The van der Waals surface area contributed by atoms with Crippen molar-refractivity contribution in [2.24, 2.45) is 0 Å². The van der Waals surface area contributed by atoms with Crippen LogP contribution in [0.2, 0.25) is 0 Å². The predicted octanol–water partition coefficient (Wildman–Crippen LogP) is 2.10. The summed E-state index contributed by atoms with van der Waals surface area (Å²) in [5, 5.41) is 6.30. The average Bonchev–Trinajstić information content (AvgIpc) is 2.54. The van der Waals surface area contributed by atoms with Gasteiger partial charge < -0.3 is 20.1 Å². The molecule has 2 atom stereocenters. The van der Waals surface area contributed by atoms with Crippen molar-refractivity contribution in [2.75, 3.05) is 31.7 Å². The first kappa shape index (κ1) is 19.9. The molecule has 1 saturated heterocycles. The number of methoxy groups -OCH3 is 1. The van der Waals surface area contributed by atoms with Crippen LogP contribution < -0.4 is 20.1 Å². The van der Waals surface area contributed by atoms with Crippen molar-refractivity contribution in [2.45, 2.75) is 25.5 Å². The Bertz CT molecular complexity index is 484. The van der Waals surface area contributed by atoms with E-state index in [1.54, 1.807) is 7.11 Å². The number of hydrogen-bond acceptors (Lipinski definition) is 5. The Balaban J connectivity index is 0.00000264. The van der Waals surface area contributed by atoms with Crippen molar-refractivity contribution >= 4 is 30.1 Å². The van der Waals surface area contributed by atoms with Gasteiger partial charge in [0.2, 0.25) is 5.91 Å². The highest BCUT2D eigenvalue weighted by molar-refractivity contribution is 7.99. The zero-order valence-corrected chi connectivity index (χ0v) is 15.2. The van der Waals surface area contributed by atoms with E-state index in [2.05, 4.69) is 10.6 Å². The van der Waals surface area contributed by atoms with Gasteiger partial charge in [0.15, 0.2) is 0 Å². The summed E-state index contributed by atoms with van der Waals surface area (Å²) in [5.74, 6) is 3.70. The Morgan fingerprint density at radius 2 is 2.26 bits per heavy atom. The van der Waals surface area contributed by atoms with Crippen LogP contribution in [0.3, 0.4) is 0 Å². The molecule has 0 bridgehead atoms. The van der Waals surface area contributed by atoms with E-state index in [-0.39, 0.29) is 30.5 Å². The number of halogens is 1. The van der Waals surface area contributed by atoms with Crippen LogP contribution in [0.25, 0.3) is 0 Å². The van der Waals surface area contributed by atoms with Gasteiger partial charge in [0.05, 0.1) is 13.7 Å². The van der Waals surface area contributed by atoms with Gasteiger partial charge in [0.25, 0.3) is 0 Å². The zero-order valence-electron chi connectivity index (χ0n) is 13.5. The largest absolute Gasteiger partial charge is 0.497 e. The van der Waals surface area contributed by atoms with Gasteiger partial charge in [0, 0.05) is 36.6 Å². The molecular weight excluding hydrogens is 336 g/mol. The number of carbonyl (C=O) groups excluding carboxylic acids is 1. The van der Waals surface area contributed by atoms with E-state index in [0.717, 1.165) is 29.5 Å². The van der Waals surface area contributed by atoms with E-state index < -0.39 is 0 Å². The first-order valence-corrected chi connectivity index (χ1v) is 8.71. The average molecular weight is 361 g/mol. The van der Waals surface area contributed by atoms with Gasteiger partial charge in [-0.15, -0.1) is 12.4 Å². The molecule has 0 aliphatic carbocycles. The SMILES string of the molecule is COc1cccc(OC(C)CNC(=O)CC2CSCCN2)c1.Cl. The summed E-state index contributed by atoms with van der Waals surface area (Å²) in [4.78, 5) is 11.9. The fourth-order valence-electron chi connectivity index (χ4n) is 2.25. The van der Waals surface area contributed by atoms with Gasteiger partial charge in [-0.25, -0.2) is 0 Å². The molecule has 2 unspecified atom stereocenters. The van der Waals surface area contributed by atoms with Crippen molar-refractivity contribution < 1.29 is 14.3 Å². The topological polar surface area (TPSA) is 59.6 Å². The van der Waals surface area contributed by atoms with Crippen molar-refractivity contribution in [1.29, 1.82) is 0 Å². The fourth-order valence-corrected chi connectivity index (χ4v) is 3.20. The number of ether oxygens (including phenoxy) is 2. The van der Waals surface area contributed by atoms with Crippen LogP contribution in [0.5, 0.6) is 11.5 Å². The molecule has 1 aliphatic heterocycles. The maximum atomic E-state index is 11.9. The van der Waals surface area contributed by atoms with E-state index in [9.17, 15) is 4.79 Å². The molecule has 1 heterocycles. The van der Waals surface area contributed by atoms with Crippen molar-refractivity contribution in [3.8, 4) is 11.5 Å². The molecule has 1 aliphatic rings. The zero-order chi connectivity index (χ0) is 15.8. The molecule has 5 nitrogen and oxygen atoms in total. The van der Waals surface area contributed by atoms with Gasteiger partial charge >= 0.3 is 0 Å². The van der Waals surface area contributed by atoms with Gasteiger partial charge in [-0.2, -0.15) is 11.8 Å². The van der Waals surface area contributed by atoms with Crippen LogP contribution in [0, 0.1) is 0 Å². The quantitative estimate of drug-likeness (QED) is 0.779. The molecular formula is C16H25ClN2O3S. The molecule has 0 spiro atoms. The third-order valence-corrected chi connectivity index (χ3v) is 4.53. The summed E-state index contributed by atoms with van der Waals surface area (Å²) in [6, 6.07) is 7.75. The molecule has 1 fully saturated rings. The van der Waals surface area contributed by atoms with E-state index in [0.29, 0.717) is 13.0 Å². The minimum Gasteiger partial charge on any atom is -0.497 e. The molecule has 0 aromatic heterocycles. The lowest BCUT2D eigenvalue weighted by molar-refractivity contribution is -0.121. The second-order valence-corrected chi connectivity index (χ2v) is 6.49. The minimum atomic E-state index is -0.0928. The lowest BCUT2D eigenvalue weighted by Crippen LogP contribution is -2.42. The maximum Gasteiger partial charge on any atom is 0.221 e. The van der Waals surface area contributed by atoms with Crippen LogP contribution in [0.15, 0.2) is 24.3 Å². The summed E-state index contributed by atoms with van der Waals surface area (Å²) in [5.41, 5.74) is 0. The first-order chi connectivity index (χ1) is 10.7. The highest BCUT2D eigenvalue weighted by Crippen LogP contribution is 2.19. The molecule has 1 aromatic rings. The van der Waals surface area contributed by atoms with E-state index >= 15 is 0 Å². The molecule has 7 heteroatoms. The Kier molecular flexibility index (Phi) is 9.21. The summed E-state index contributed by atoms with van der Waals surface area (Å²) < 4.78 is 10.9. The minimum absolute atomic E-state index is 0. The number of amides is 1. The monoisotopic (exact) mass is 360 g/mol. The third kappa shape index (κ3) is 7.33. The molecule has 130 valence electrons. The first-order valence-electron chi connectivity index (χ1n) is 7.56. The Morgan fingerprint density at radius 1 is 1.48 bits per heavy atom. The lowest BCUT2D eigenvalue weighted by atomic mass is 10.2. The second-order valence-electron chi connectivity index (χ2n) is 5.34. The van der Waals surface area contributed by atoms with Crippen LogP contribution >= 0.6 is 24.2 Å². The van der Waals surface area contributed by atoms with Crippen LogP contribution in [-0.2, 0) is 4.79 Å². The smallest absolute Gasteiger partial charge is 0.221 e. The summed E-state index contributed by atoms with van der Waals surface area (Å²) in [6.45, 7) is 3.42. The fraction of sp³-hybridized carbons (Fsp3) is 0.562. The predicted molar refractivity (Wildman–Crippen MR) is 97.1 cm³/mol. The molecule has 0 radical (unpaired) electrons. The Hall–Kier alpha value is -1.11. The normalized spacial score (nSPS) is 18.4. The van der Waals surface area contributed by atoms with E-state index in [1.165, 1.54) is 0 Å². The van der Waals surface area contributed by atoms with Crippen molar-refractivity contribution in [3.63, 3.8) is 0 Å². The van der Waals surface area contributed by atoms with Gasteiger partial charge in [-0.1, -0.05) is 6.07 Å². The van der Waals surface area contributed by atoms with Crippen molar-refractivity contribution in [1.82, 2.24) is 10.6 Å².